The van der Waals surface area contributed by atoms with Gasteiger partial charge in [-0.15, -0.1) is 0 Å². The standard InChI is InChI=1S/C17H30N4O/c1-12-15(13(2)22-21-12)8-11-19-16(18-5)20-14-6-9-17(3,4)10-7-14/h14H,6-11H2,1-5H3,(H2,18,19,20). The monoisotopic (exact) mass is 306 g/mol. The van der Waals surface area contributed by atoms with Gasteiger partial charge in [-0.3, -0.25) is 4.99 Å². The fourth-order valence-electron chi connectivity index (χ4n) is 3.10. The van der Waals surface area contributed by atoms with Crippen molar-refractivity contribution in [1.82, 2.24) is 15.8 Å². The lowest BCUT2D eigenvalue weighted by atomic mass is 9.75. The van der Waals surface area contributed by atoms with Gasteiger partial charge in [-0.25, -0.2) is 0 Å². The molecular weight excluding hydrogens is 276 g/mol. The number of aliphatic imine (C=N–C) groups is 1. The lowest BCUT2D eigenvalue weighted by Gasteiger charge is -2.35. The molecule has 1 aliphatic rings. The summed E-state index contributed by atoms with van der Waals surface area (Å²) in [6, 6.07) is 0.540. The first-order valence-electron chi connectivity index (χ1n) is 8.30. The molecule has 1 aliphatic carbocycles. The van der Waals surface area contributed by atoms with E-state index >= 15 is 0 Å². The number of aromatic nitrogens is 1. The van der Waals surface area contributed by atoms with Gasteiger partial charge in [0.05, 0.1) is 5.69 Å². The van der Waals surface area contributed by atoms with Gasteiger partial charge in [-0.05, 0) is 51.4 Å². The van der Waals surface area contributed by atoms with Gasteiger partial charge in [0.1, 0.15) is 5.76 Å². The number of rotatable bonds is 4. The predicted molar refractivity (Wildman–Crippen MR) is 90.2 cm³/mol. The summed E-state index contributed by atoms with van der Waals surface area (Å²) >= 11 is 0. The lowest BCUT2D eigenvalue weighted by Crippen LogP contribution is -2.46. The first-order valence-corrected chi connectivity index (χ1v) is 8.30. The van der Waals surface area contributed by atoms with Crippen LogP contribution in [-0.2, 0) is 6.42 Å². The average molecular weight is 306 g/mol. The quantitative estimate of drug-likeness (QED) is 0.663. The maximum Gasteiger partial charge on any atom is 0.191 e. The molecule has 0 radical (unpaired) electrons. The van der Waals surface area contributed by atoms with E-state index in [9.17, 15) is 0 Å². The zero-order valence-corrected chi connectivity index (χ0v) is 14.6. The largest absolute Gasteiger partial charge is 0.361 e. The molecule has 0 spiro atoms. The van der Waals surface area contributed by atoms with Crippen molar-refractivity contribution >= 4 is 5.96 Å². The van der Waals surface area contributed by atoms with Crippen LogP contribution in [-0.4, -0.2) is 30.8 Å². The molecule has 124 valence electrons. The highest BCUT2D eigenvalue weighted by atomic mass is 16.5. The van der Waals surface area contributed by atoms with Crippen LogP contribution in [0.25, 0.3) is 0 Å². The molecular formula is C17H30N4O. The summed E-state index contributed by atoms with van der Waals surface area (Å²) in [7, 11) is 1.83. The molecule has 0 unspecified atom stereocenters. The molecule has 0 aromatic carbocycles. The average Bonchev–Trinajstić information content (AvgIpc) is 2.79. The van der Waals surface area contributed by atoms with Crippen LogP contribution in [0.5, 0.6) is 0 Å². The van der Waals surface area contributed by atoms with Crippen molar-refractivity contribution in [2.75, 3.05) is 13.6 Å². The van der Waals surface area contributed by atoms with Crippen LogP contribution in [0.1, 0.15) is 56.5 Å². The van der Waals surface area contributed by atoms with Crippen molar-refractivity contribution in [2.24, 2.45) is 10.4 Å². The first kappa shape index (κ1) is 16.8. The summed E-state index contributed by atoms with van der Waals surface area (Å²) in [5.74, 6) is 1.81. The molecule has 1 fully saturated rings. The Morgan fingerprint density at radius 2 is 2.00 bits per heavy atom. The fourth-order valence-corrected chi connectivity index (χ4v) is 3.10. The normalized spacial score (nSPS) is 19.2. The molecule has 22 heavy (non-hydrogen) atoms. The Labute approximate surface area is 133 Å². The molecule has 1 heterocycles. The molecule has 0 bridgehead atoms. The summed E-state index contributed by atoms with van der Waals surface area (Å²) in [6.45, 7) is 9.51. The Bertz CT molecular complexity index is 489. The highest BCUT2D eigenvalue weighted by molar-refractivity contribution is 5.79. The molecule has 0 aliphatic heterocycles. The number of hydrogen-bond donors (Lipinski definition) is 2. The van der Waals surface area contributed by atoms with Crippen LogP contribution in [0.2, 0.25) is 0 Å². The predicted octanol–water partition coefficient (Wildman–Crippen LogP) is 2.97. The maximum atomic E-state index is 5.20. The van der Waals surface area contributed by atoms with Crippen LogP contribution >= 0.6 is 0 Å². The van der Waals surface area contributed by atoms with E-state index in [2.05, 4.69) is 34.6 Å². The van der Waals surface area contributed by atoms with Crippen LogP contribution in [0.4, 0.5) is 0 Å². The third-order valence-corrected chi connectivity index (χ3v) is 4.75. The van der Waals surface area contributed by atoms with E-state index in [1.54, 1.807) is 0 Å². The summed E-state index contributed by atoms with van der Waals surface area (Å²) in [4.78, 5) is 4.34. The second kappa shape index (κ2) is 7.16. The van der Waals surface area contributed by atoms with Crippen LogP contribution in [0.15, 0.2) is 9.52 Å². The maximum absolute atomic E-state index is 5.20. The Morgan fingerprint density at radius 1 is 1.32 bits per heavy atom. The van der Waals surface area contributed by atoms with Crippen LogP contribution < -0.4 is 10.6 Å². The van der Waals surface area contributed by atoms with Gasteiger partial charge in [0.25, 0.3) is 0 Å². The van der Waals surface area contributed by atoms with Gasteiger partial charge in [-0.1, -0.05) is 19.0 Å². The second-order valence-corrected chi connectivity index (χ2v) is 7.13. The molecule has 0 atom stereocenters. The molecule has 2 rings (SSSR count). The van der Waals surface area contributed by atoms with Crippen molar-refractivity contribution in [3.05, 3.63) is 17.0 Å². The van der Waals surface area contributed by atoms with Gasteiger partial charge < -0.3 is 15.2 Å². The third-order valence-electron chi connectivity index (χ3n) is 4.75. The highest BCUT2D eigenvalue weighted by Gasteiger charge is 2.27. The zero-order chi connectivity index (χ0) is 16.2. The minimum atomic E-state index is 0.498. The minimum absolute atomic E-state index is 0.498. The number of nitrogens with one attached hydrogen (secondary N) is 2. The highest BCUT2D eigenvalue weighted by Crippen LogP contribution is 2.34. The number of aryl methyl sites for hydroxylation is 2. The Hall–Kier alpha value is -1.52. The van der Waals surface area contributed by atoms with Crippen molar-refractivity contribution in [3.63, 3.8) is 0 Å². The molecule has 2 N–H and O–H groups in total. The summed E-state index contributed by atoms with van der Waals surface area (Å²) in [5.41, 5.74) is 2.68. The van der Waals surface area contributed by atoms with E-state index in [-0.39, 0.29) is 0 Å². The van der Waals surface area contributed by atoms with Crippen LogP contribution in [0.3, 0.4) is 0 Å². The van der Waals surface area contributed by atoms with Crippen LogP contribution in [0, 0.1) is 19.3 Å². The molecule has 5 heteroatoms. The molecule has 1 saturated carbocycles. The summed E-state index contributed by atoms with van der Waals surface area (Å²) in [6.07, 6.45) is 5.90. The molecule has 0 saturated heterocycles. The summed E-state index contributed by atoms with van der Waals surface area (Å²) in [5, 5.41) is 10.9. The second-order valence-electron chi connectivity index (χ2n) is 7.13. The fraction of sp³-hybridized carbons (Fsp3) is 0.765. The minimum Gasteiger partial charge on any atom is -0.361 e. The Balaban J connectivity index is 1.76. The SMILES string of the molecule is CN=C(NCCc1c(C)noc1C)NC1CCC(C)(C)CC1. The van der Waals surface area contributed by atoms with Gasteiger partial charge in [0.15, 0.2) is 5.96 Å². The Morgan fingerprint density at radius 3 is 2.55 bits per heavy atom. The smallest absolute Gasteiger partial charge is 0.191 e. The van der Waals surface area contributed by atoms with E-state index in [0.717, 1.165) is 30.4 Å². The molecule has 5 nitrogen and oxygen atoms in total. The van der Waals surface area contributed by atoms with Gasteiger partial charge in [-0.2, -0.15) is 0 Å². The number of nitrogens with zero attached hydrogens (tertiary/aromatic N) is 2. The van der Waals surface area contributed by atoms with E-state index in [4.69, 9.17) is 4.52 Å². The Kier molecular flexibility index (Phi) is 5.48. The molecule has 1 aromatic rings. The lowest BCUT2D eigenvalue weighted by molar-refractivity contribution is 0.216. The van der Waals surface area contributed by atoms with Crippen molar-refractivity contribution < 1.29 is 4.52 Å². The topological polar surface area (TPSA) is 62.5 Å². The van der Waals surface area contributed by atoms with Gasteiger partial charge in [0, 0.05) is 25.2 Å². The van der Waals surface area contributed by atoms with Crippen molar-refractivity contribution in [2.45, 2.75) is 65.8 Å². The van der Waals surface area contributed by atoms with E-state index < -0.39 is 0 Å². The van der Waals surface area contributed by atoms with E-state index in [0.29, 0.717) is 11.5 Å². The summed E-state index contributed by atoms with van der Waals surface area (Å²) < 4.78 is 5.20. The number of hydrogen-bond acceptors (Lipinski definition) is 3. The van der Waals surface area contributed by atoms with E-state index in [1.807, 2.05) is 20.9 Å². The van der Waals surface area contributed by atoms with Gasteiger partial charge >= 0.3 is 0 Å². The molecule has 0 amide bonds. The van der Waals surface area contributed by atoms with Crippen molar-refractivity contribution in [3.8, 4) is 0 Å². The van der Waals surface area contributed by atoms with E-state index in [1.165, 1.54) is 31.2 Å². The third kappa shape index (κ3) is 4.49. The molecule has 1 aromatic heterocycles. The van der Waals surface area contributed by atoms with Gasteiger partial charge in [0.2, 0.25) is 0 Å². The zero-order valence-electron chi connectivity index (χ0n) is 14.6. The first-order chi connectivity index (χ1) is 10.4. The number of guanidine groups is 1. The van der Waals surface area contributed by atoms with Crippen molar-refractivity contribution in [1.29, 1.82) is 0 Å².